The van der Waals surface area contributed by atoms with Crippen molar-refractivity contribution in [3.8, 4) is 0 Å². The first-order valence-electron chi connectivity index (χ1n) is 6.71. The van der Waals surface area contributed by atoms with Gasteiger partial charge in [-0.3, -0.25) is 14.4 Å². The molecule has 1 aliphatic heterocycles. The van der Waals surface area contributed by atoms with E-state index in [1.54, 1.807) is 0 Å². The van der Waals surface area contributed by atoms with Crippen LogP contribution in [0.4, 0.5) is 4.39 Å². The van der Waals surface area contributed by atoms with Crippen molar-refractivity contribution in [2.75, 3.05) is 6.61 Å². The summed E-state index contributed by atoms with van der Waals surface area (Å²) in [6.07, 6.45) is 1.04. The van der Waals surface area contributed by atoms with Crippen molar-refractivity contribution in [3.05, 3.63) is 22.6 Å². The molecule has 0 spiro atoms. The van der Waals surface area contributed by atoms with Gasteiger partial charge in [-0.2, -0.15) is 0 Å². The Balaban J connectivity index is 3.25. The molecule has 0 bridgehead atoms. The van der Waals surface area contributed by atoms with Crippen LogP contribution in [0, 0.1) is 11.8 Å². The average Bonchev–Trinajstić information content (AvgIpc) is 2.44. The molecule has 0 saturated carbocycles. The van der Waals surface area contributed by atoms with E-state index in [0.717, 1.165) is 6.08 Å². The SMILES string of the molecule is CCOC(=O)C(C(=O)C1(Cl)C=C(C)C(F)=C(Cl)N1)C(C)C(=O)O. The number of hydrogen-bond donors (Lipinski definition) is 2. The van der Waals surface area contributed by atoms with Crippen LogP contribution in [0.3, 0.4) is 0 Å². The molecule has 9 heteroatoms. The lowest BCUT2D eigenvalue weighted by Gasteiger charge is -2.32. The monoisotopic (exact) mass is 367 g/mol. The van der Waals surface area contributed by atoms with Crippen LogP contribution in [-0.2, 0) is 19.1 Å². The maximum absolute atomic E-state index is 13.6. The average molecular weight is 368 g/mol. The van der Waals surface area contributed by atoms with E-state index >= 15 is 0 Å². The maximum atomic E-state index is 13.6. The van der Waals surface area contributed by atoms with Gasteiger partial charge in [0.1, 0.15) is 11.1 Å². The Labute approximate surface area is 142 Å². The minimum Gasteiger partial charge on any atom is -0.481 e. The van der Waals surface area contributed by atoms with E-state index in [4.69, 9.17) is 33.0 Å². The molecule has 0 aliphatic carbocycles. The molecule has 1 heterocycles. The van der Waals surface area contributed by atoms with E-state index in [2.05, 4.69) is 5.32 Å². The van der Waals surface area contributed by atoms with Crippen molar-refractivity contribution in [2.45, 2.75) is 25.8 Å². The smallest absolute Gasteiger partial charge is 0.317 e. The Hall–Kier alpha value is -1.60. The fraction of sp³-hybridized carbons (Fsp3) is 0.500. The van der Waals surface area contributed by atoms with Crippen molar-refractivity contribution in [1.29, 1.82) is 0 Å². The second-order valence-corrected chi connectivity index (χ2v) is 5.99. The first-order valence-corrected chi connectivity index (χ1v) is 7.46. The molecule has 2 N–H and O–H groups in total. The fourth-order valence-electron chi connectivity index (χ4n) is 2.06. The zero-order valence-electron chi connectivity index (χ0n) is 12.7. The highest BCUT2D eigenvalue weighted by Crippen LogP contribution is 2.34. The first-order chi connectivity index (χ1) is 10.5. The van der Waals surface area contributed by atoms with Crippen molar-refractivity contribution in [1.82, 2.24) is 5.32 Å². The number of carboxylic acid groups (broad SMARTS) is 1. The lowest BCUT2D eigenvalue weighted by molar-refractivity contribution is -0.160. The number of halogens is 3. The third kappa shape index (κ3) is 4.03. The first kappa shape index (κ1) is 19.4. The van der Waals surface area contributed by atoms with Gasteiger partial charge in [0.15, 0.2) is 16.6 Å². The number of carbonyl (C=O) groups is 3. The molecule has 0 aromatic carbocycles. The highest BCUT2D eigenvalue weighted by Gasteiger charge is 2.48. The Kier molecular flexibility index (Phi) is 6.18. The number of rotatable bonds is 6. The number of allylic oxidation sites excluding steroid dienone is 2. The molecule has 0 radical (unpaired) electrons. The van der Waals surface area contributed by atoms with Crippen LogP contribution in [0.2, 0.25) is 0 Å². The number of nitrogens with one attached hydrogen (secondary N) is 1. The largest absolute Gasteiger partial charge is 0.481 e. The number of dihydropyridines is 1. The number of esters is 1. The molecule has 0 saturated heterocycles. The topological polar surface area (TPSA) is 92.7 Å². The Morgan fingerprint density at radius 2 is 2.04 bits per heavy atom. The summed E-state index contributed by atoms with van der Waals surface area (Å²) in [5.41, 5.74) is -0.0114. The van der Waals surface area contributed by atoms with Crippen LogP contribution < -0.4 is 5.32 Å². The number of ether oxygens (including phenoxy) is 1. The summed E-state index contributed by atoms with van der Waals surface area (Å²) in [4.78, 5) is 33.8. The predicted molar refractivity (Wildman–Crippen MR) is 81.4 cm³/mol. The molecular weight excluding hydrogens is 352 g/mol. The van der Waals surface area contributed by atoms with Crippen molar-refractivity contribution >= 4 is 40.9 Å². The van der Waals surface area contributed by atoms with Crippen molar-refractivity contribution in [2.24, 2.45) is 11.8 Å². The van der Waals surface area contributed by atoms with Crippen LogP contribution >= 0.6 is 23.2 Å². The molecule has 128 valence electrons. The lowest BCUT2D eigenvalue weighted by Crippen LogP contribution is -2.53. The van der Waals surface area contributed by atoms with E-state index in [9.17, 15) is 18.8 Å². The van der Waals surface area contributed by atoms with Gasteiger partial charge in [0, 0.05) is 0 Å². The van der Waals surface area contributed by atoms with Crippen LogP contribution in [0.15, 0.2) is 22.6 Å². The van der Waals surface area contributed by atoms with E-state index in [1.807, 2.05) is 0 Å². The number of aliphatic carboxylic acids is 1. The summed E-state index contributed by atoms with van der Waals surface area (Å²) < 4.78 is 18.4. The highest BCUT2D eigenvalue weighted by molar-refractivity contribution is 6.40. The maximum Gasteiger partial charge on any atom is 0.317 e. The van der Waals surface area contributed by atoms with E-state index < -0.39 is 45.5 Å². The van der Waals surface area contributed by atoms with E-state index in [0.29, 0.717) is 0 Å². The van der Waals surface area contributed by atoms with Gasteiger partial charge in [-0.05, 0) is 25.5 Å². The number of alkyl halides is 1. The number of hydrogen-bond acceptors (Lipinski definition) is 5. The molecule has 6 nitrogen and oxygen atoms in total. The number of Topliss-reactive ketones (excluding diaryl/α,β-unsaturated/α-hetero) is 1. The predicted octanol–water partition coefficient (Wildman–Crippen LogP) is 2.32. The number of carboxylic acids is 1. The van der Waals surface area contributed by atoms with Crippen LogP contribution in [0.1, 0.15) is 20.8 Å². The fourth-order valence-corrected chi connectivity index (χ4v) is 2.78. The van der Waals surface area contributed by atoms with Crippen molar-refractivity contribution in [3.63, 3.8) is 0 Å². The lowest BCUT2D eigenvalue weighted by atomic mass is 9.85. The summed E-state index contributed by atoms with van der Waals surface area (Å²) in [7, 11) is 0. The van der Waals surface area contributed by atoms with Gasteiger partial charge in [-0.1, -0.05) is 30.1 Å². The summed E-state index contributed by atoms with van der Waals surface area (Å²) >= 11 is 11.8. The zero-order chi connectivity index (χ0) is 17.9. The molecule has 23 heavy (non-hydrogen) atoms. The van der Waals surface area contributed by atoms with Gasteiger partial charge >= 0.3 is 11.9 Å². The Morgan fingerprint density at radius 1 is 1.48 bits per heavy atom. The molecule has 0 aromatic heterocycles. The second-order valence-electron chi connectivity index (χ2n) is 5.01. The minimum absolute atomic E-state index is 0.0114. The van der Waals surface area contributed by atoms with Gasteiger partial charge in [-0.25, -0.2) is 4.39 Å². The molecule has 0 amide bonds. The molecular formula is C14H16Cl2FNO5. The quantitative estimate of drug-likeness (QED) is 0.324. The molecule has 1 aliphatic rings. The second kappa shape index (κ2) is 7.31. The number of carbonyl (C=O) groups excluding carboxylic acids is 2. The summed E-state index contributed by atoms with van der Waals surface area (Å²) in [5, 5.41) is 10.9. The molecule has 1 rings (SSSR count). The van der Waals surface area contributed by atoms with Gasteiger partial charge in [0.25, 0.3) is 0 Å². The zero-order valence-corrected chi connectivity index (χ0v) is 14.2. The van der Waals surface area contributed by atoms with Gasteiger partial charge in [0.05, 0.1) is 12.5 Å². The normalized spacial score (nSPS) is 23.5. The Bertz CT molecular complexity index is 604. The third-order valence-corrected chi connectivity index (χ3v) is 3.97. The van der Waals surface area contributed by atoms with E-state index in [1.165, 1.54) is 20.8 Å². The minimum atomic E-state index is -2.04. The number of ketones is 1. The van der Waals surface area contributed by atoms with Gasteiger partial charge in [-0.15, -0.1) is 0 Å². The standard InChI is InChI=1S/C14H16Cl2FNO5/c1-4-23-13(22)8(7(3)12(20)21)10(19)14(16)5-6(2)9(17)11(15)18-14/h5,7-8,18H,4H2,1-3H3,(H,20,21). The molecule has 3 atom stereocenters. The van der Waals surface area contributed by atoms with Gasteiger partial charge < -0.3 is 15.2 Å². The van der Waals surface area contributed by atoms with Crippen molar-refractivity contribution < 1.29 is 28.6 Å². The highest BCUT2D eigenvalue weighted by atomic mass is 35.5. The van der Waals surface area contributed by atoms with Crippen LogP contribution in [0.25, 0.3) is 0 Å². The molecule has 0 aromatic rings. The van der Waals surface area contributed by atoms with E-state index in [-0.39, 0.29) is 12.2 Å². The summed E-state index contributed by atoms with van der Waals surface area (Å²) in [5.74, 6) is -7.24. The summed E-state index contributed by atoms with van der Waals surface area (Å²) in [6.45, 7) is 3.99. The van der Waals surface area contributed by atoms with Crippen LogP contribution in [0.5, 0.6) is 0 Å². The van der Waals surface area contributed by atoms with Gasteiger partial charge in [0.2, 0.25) is 0 Å². The molecule has 3 unspecified atom stereocenters. The summed E-state index contributed by atoms with van der Waals surface area (Å²) in [6, 6.07) is 0. The van der Waals surface area contributed by atoms with Crippen LogP contribution in [-0.4, -0.2) is 34.4 Å². The molecule has 0 fully saturated rings. The third-order valence-electron chi connectivity index (χ3n) is 3.32. The Morgan fingerprint density at radius 3 is 2.48 bits per heavy atom.